The summed E-state index contributed by atoms with van der Waals surface area (Å²) in [6.07, 6.45) is 1.60. The highest BCUT2D eigenvalue weighted by atomic mass is 35.5. The monoisotopic (exact) mass is 517 g/mol. The maximum Gasteiger partial charge on any atom is 0.387 e. The summed E-state index contributed by atoms with van der Waals surface area (Å²) in [6.45, 7) is -0.218. The molecule has 2 aromatic rings. The number of benzene rings is 2. The van der Waals surface area contributed by atoms with Crippen molar-refractivity contribution in [2.24, 2.45) is 4.99 Å². The number of morpholine rings is 2. The van der Waals surface area contributed by atoms with E-state index in [1.807, 2.05) is 18.3 Å². The summed E-state index contributed by atoms with van der Waals surface area (Å²) in [6, 6.07) is 10.3. The normalized spacial score (nSPS) is 31.8. The summed E-state index contributed by atoms with van der Waals surface area (Å²) < 4.78 is 43.4. The van der Waals surface area contributed by atoms with E-state index in [9.17, 15) is 13.6 Å². The minimum Gasteiger partial charge on any atom is -0.428 e. The zero-order valence-electron chi connectivity index (χ0n) is 19.2. The van der Waals surface area contributed by atoms with Crippen LogP contribution in [0, 0.1) is 0 Å². The van der Waals surface area contributed by atoms with Gasteiger partial charge >= 0.3 is 6.61 Å². The molecule has 5 heterocycles. The van der Waals surface area contributed by atoms with Crippen molar-refractivity contribution >= 4 is 35.1 Å². The Balaban J connectivity index is 1.35. The van der Waals surface area contributed by atoms with E-state index in [0.29, 0.717) is 49.4 Å². The number of hydrogen-bond donors (Lipinski definition) is 0. The van der Waals surface area contributed by atoms with E-state index >= 15 is 0 Å². The molecular weight excluding hydrogens is 494 g/mol. The van der Waals surface area contributed by atoms with E-state index in [2.05, 4.69) is 4.90 Å². The average Bonchev–Trinajstić information content (AvgIpc) is 2.92. The number of anilines is 1. The Morgan fingerprint density at radius 1 is 1.17 bits per heavy atom. The van der Waals surface area contributed by atoms with Crippen LogP contribution in [-0.2, 0) is 14.3 Å². The molecule has 0 aromatic heterocycles. The molecule has 0 radical (unpaired) electrons. The summed E-state index contributed by atoms with van der Waals surface area (Å²) in [5, 5.41) is 2.13. The molecule has 1 amide bonds. The van der Waals surface area contributed by atoms with Gasteiger partial charge in [-0.05, 0) is 30.3 Å². The van der Waals surface area contributed by atoms with Gasteiger partial charge in [-0.2, -0.15) is 8.78 Å². The summed E-state index contributed by atoms with van der Waals surface area (Å²) in [7, 11) is 0. The first-order valence-corrected chi connectivity index (χ1v) is 12.4. The lowest BCUT2D eigenvalue weighted by molar-refractivity contribution is -0.147. The van der Waals surface area contributed by atoms with Gasteiger partial charge in [0.05, 0.1) is 55.6 Å². The van der Waals surface area contributed by atoms with Crippen molar-refractivity contribution in [3.63, 3.8) is 0 Å². The fourth-order valence-corrected chi connectivity index (χ4v) is 6.62. The van der Waals surface area contributed by atoms with Crippen LogP contribution in [0.5, 0.6) is 5.75 Å². The van der Waals surface area contributed by atoms with E-state index in [4.69, 9.17) is 30.8 Å². The summed E-state index contributed by atoms with van der Waals surface area (Å²) in [5.74, 6) is -0.0360. The molecule has 188 valence electrons. The lowest BCUT2D eigenvalue weighted by atomic mass is 9.99. The van der Waals surface area contributed by atoms with Gasteiger partial charge in [0.1, 0.15) is 18.4 Å². The van der Waals surface area contributed by atoms with Crippen LogP contribution in [0.15, 0.2) is 41.4 Å². The first-order valence-electron chi connectivity index (χ1n) is 12.0. The Kier molecular flexibility index (Phi) is 5.13. The van der Waals surface area contributed by atoms with Crippen LogP contribution in [0.2, 0.25) is 5.02 Å². The summed E-state index contributed by atoms with van der Waals surface area (Å²) in [5.41, 5.74) is 1.14. The molecular formula is C25H24ClF2N4O4+. The molecule has 2 aromatic carbocycles. The number of para-hydroxylation sites is 1. The Labute approximate surface area is 210 Å². The number of alkyl halides is 2. The fourth-order valence-electron chi connectivity index (χ4n) is 6.44. The molecule has 7 rings (SSSR count). The van der Waals surface area contributed by atoms with Gasteiger partial charge in [-0.25, -0.2) is 4.48 Å². The highest BCUT2D eigenvalue weighted by Crippen LogP contribution is 2.57. The van der Waals surface area contributed by atoms with Gasteiger partial charge < -0.3 is 14.2 Å². The second kappa shape index (κ2) is 8.19. The second-order valence-electron chi connectivity index (χ2n) is 9.88. The molecule has 5 aliphatic rings. The Morgan fingerprint density at radius 2 is 1.92 bits per heavy atom. The molecule has 5 aliphatic heterocycles. The van der Waals surface area contributed by atoms with E-state index in [-0.39, 0.29) is 40.8 Å². The highest BCUT2D eigenvalue weighted by Gasteiger charge is 2.67. The molecule has 0 N–H and O–H groups in total. The van der Waals surface area contributed by atoms with Gasteiger partial charge in [-0.15, -0.1) is 0 Å². The van der Waals surface area contributed by atoms with Crippen molar-refractivity contribution in [2.75, 3.05) is 44.4 Å². The van der Waals surface area contributed by atoms with Gasteiger partial charge in [-0.3, -0.25) is 19.6 Å². The Hall–Kier alpha value is -2.63. The smallest absolute Gasteiger partial charge is 0.387 e. The average molecular weight is 518 g/mol. The highest BCUT2D eigenvalue weighted by molar-refractivity contribution is 6.30. The molecule has 3 saturated heterocycles. The molecule has 1 spiro atoms. The number of fused-ring (bicyclic) bond motifs is 6. The van der Waals surface area contributed by atoms with Crippen LogP contribution in [0.25, 0.3) is 6.20 Å². The summed E-state index contributed by atoms with van der Waals surface area (Å²) >= 11 is 6.28. The molecule has 8 nitrogen and oxygen atoms in total. The number of quaternary nitrogens is 1. The second-order valence-corrected chi connectivity index (χ2v) is 10.3. The quantitative estimate of drug-likeness (QED) is 0.575. The van der Waals surface area contributed by atoms with Crippen molar-refractivity contribution in [1.29, 1.82) is 0 Å². The third-order valence-corrected chi connectivity index (χ3v) is 8.10. The Bertz CT molecular complexity index is 1350. The fraction of sp³-hybridized carbons (Fsp3) is 0.440. The predicted molar refractivity (Wildman–Crippen MR) is 127 cm³/mol. The number of hydrogen-bond acceptors (Lipinski definition) is 6. The van der Waals surface area contributed by atoms with Crippen molar-refractivity contribution in [3.8, 4) is 5.75 Å². The molecule has 3 fully saturated rings. The standard InChI is InChI=1S/C25H24ClF2N4O4/c26-15-4-5-18-14(6-15)8-32-9-19(29-18)24(32)31(20-2-1-3-21(23(20)32)36-25(27)28)22(33)7-30-16-10-34-12-17(30)13-35-11-16/h1-6,8,16-17,19,24-25H,7,9-13H2/q+1/t16?,17?,19-,24?,32+/m1/s1. The van der Waals surface area contributed by atoms with Gasteiger partial charge in [0, 0.05) is 5.02 Å². The number of ether oxygens (including phenoxy) is 3. The molecule has 0 saturated carbocycles. The maximum atomic E-state index is 14.0. The number of amides is 1. The summed E-state index contributed by atoms with van der Waals surface area (Å²) in [4.78, 5) is 22.9. The largest absolute Gasteiger partial charge is 0.428 e. The SMILES string of the molecule is O=C(CN1C2COCC1COC2)N1c2cccc(OC(F)F)c2[N@+]23C=c4cc(Cl)ccc4=N[C@H](C2)C13. The van der Waals surface area contributed by atoms with E-state index in [1.54, 1.807) is 23.1 Å². The van der Waals surface area contributed by atoms with Crippen LogP contribution in [0.3, 0.4) is 0 Å². The number of nitrogens with zero attached hydrogens (tertiary/aromatic N) is 4. The minimum atomic E-state index is -2.99. The van der Waals surface area contributed by atoms with Crippen LogP contribution < -0.4 is 24.7 Å². The van der Waals surface area contributed by atoms with Crippen molar-refractivity contribution in [1.82, 2.24) is 9.38 Å². The molecule has 4 bridgehead atoms. The van der Waals surface area contributed by atoms with E-state index in [0.717, 1.165) is 10.6 Å². The van der Waals surface area contributed by atoms with Gasteiger partial charge in [-0.1, -0.05) is 17.7 Å². The van der Waals surface area contributed by atoms with Gasteiger partial charge in [0.25, 0.3) is 0 Å². The zero-order valence-corrected chi connectivity index (χ0v) is 20.0. The minimum absolute atomic E-state index is 0.00629. The molecule has 1 unspecified atom stereocenters. The van der Waals surface area contributed by atoms with Crippen molar-refractivity contribution in [2.45, 2.75) is 30.9 Å². The molecule has 36 heavy (non-hydrogen) atoms. The van der Waals surface area contributed by atoms with Gasteiger partial charge in [0.15, 0.2) is 11.8 Å². The topological polar surface area (TPSA) is 63.6 Å². The number of carbonyl (C=O) groups excluding carboxylic acids is 1. The Morgan fingerprint density at radius 3 is 2.64 bits per heavy atom. The molecule has 11 heteroatoms. The van der Waals surface area contributed by atoms with Gasteiger partial charge in [0.2, 0.25) is 17.8 Å². The van der Waals surface area contributed by atoms with E-state index < -0.39 is 12.8 Å². The molecule has 3 atom stereocenters. The van der Waals surface area contributed by atoms with Crippen LogP contribution in [0.4, 0.5) is 20.2 Å². The number of halogens is 3. The third kappa shape index (κ3) is 3.25. The van der Waals surface area contributed by atoms with Crippen LogP contribution in [0.1, 0.15) is 0 Å². The predicted octanol–water partition coefficient (Wildman–Crippen LogP) is 1.47. The van der Waals surface area contributed by atoms with Crippen molar-refractivity contribution in [3.05, 3.63) is 52.0 Å². The zero-order chi connectivity index (χ0) is 24.6. The van der Waals surface area contributed by atoms with Crippen LogP contribution in [-0.4, -0.2) is 81.2 Å². The lowest BCUT2D eigenvalue weighted by Gasteiger charge is -2.50. The maximum absolute atomic E-state index is 14.0. The first kappa shape index (κ1) is 22.6. The number of rotatable bonds is 4. The first-order chi connectivity index (χ1) is 17.4. The van der Waals surface area contributed by atoms with Crippen molar-refractivity contribution < 1.29 is 27.8 Å². The molecule has 0 aliphatic carbocycles. The van der Waals surface area contributed by atoms with Crippen LogP contribution >= 0.6 is 11.6 Å². The number of carbonyl (C=O) groups is 1. The lowest BCUT2D eigenvalue weighted by Crippen LogP contribution is -2.75. The van der Waals surface area contributed by atoms with E-state index in [1.165, 1.54) is 6.07 Å². The third-order valence-electron chi connectivity index (χ3n) is 7.87.